The molecule has 1 aromatic heterocycles. The van der Waals surface area contributed by atoms with Gasteiger partial charge in [-0.05, 0) is 89.6 Å². The van der Waals surface area contributed by atoms with E-state index in [2.05, 4.69) is 105 Å². The van der Waals surface area contributed by atoms with Gasteiger partial charge in [0.25, 0.3) is 0 Å². The second-order valence-corrected chi connectivity index (χ2v) is 12.1. The Balaban J connectivity index is 1.40. The minimum absolute atomic E-state index is 0.00524. The fourth-order valence-corrected chi connectivity index (χ4v) is 5.06. The van der Waals surface area contributed by atoms with Crippen molar-refractivity contribution in [1.29, 1.82) is 0 Å². The first kappa shape index (κ1) is 39.6. The summed E-state index contributed by atoms with van der Waals surface area (Å²) < 4.78 is 0. The molecule has 1 saturated heterocycles. The molecule has 47 heavy (non-hydrogen) atoms. The average molecular weight is 644 g/mol. The zero-order valence-corrected chi connectivity index (χ0v) is 29.3. The Morgan fingerprint density at radius 2 is 1.40 bits per heavy atom. The molecule has 2 N–H and O–H groups in total. The number of pyridine rings is 1. The van der Waals surface area contributed by atoms with Gasteiger partial charge in [-0.2, -0.15) is 0 Å². The highest BCUT2D eigenvalue weighted by Crippen LogP contribution is 2.09. The molecule has 0 aromatic carbocycles. The molecular formula is C40H61N5O2. The Hall–Kier alpha value is -3.55. The zero-order valence-electron chi connectivity index (χ0n) is 29.3. The van der Waals surface area contributed by atoms with Gasteiger partial charge >= 0.3 is 0 Å². The number of aromatic nitrogens is 1. The van der Waals surface area contributed by atoms with Gasteiger partial charge in [-0.3, -0.25) is 14.6 Å². The van der Waals surface area contributed by atoms with Gasteiger partial charge in [-0.15, -0.1) is 0 Å². The number of unbranched alkanes of at least 4 members (excludes halogenated alkanes) is 1. The van der Waals surface area contributed by atoms with Gasteiger partial charge in [0.15, 0.2) is 0 Å². The lowest BCUT2D eigenvalue weighted by molar-refractivity contribution is -0.121. The first-order valence-electron chi connectivity index (χ1n) is 17.9. The second kappa shape index (κ2) is 27.6. The number of nitrogens with zero attached hydrogens (tertiary/aromatic N) is 3. The summed E-state index contributed by atoms with van der Waals surface area (Å²) >= 11 is 0. The normalized spacial score (nSPS) is 14.4. The Labute approximate surface area is 285 Å². The van der Waals surface area contributed by atoms with Crippen LogP contribution in [-0.4, -0.2) is 79.5 Å². The topological polar surface area (TPSA) is 77.6 Å². The first-order valence-corrected chi connectivity index (χ1v) is 17.9. The second-order valence-electron chi connectivity index (χ2n) is 12.1. The summed E-state index contributed by atoms with van der Waals surface area (Å²) in [4.78, 5) is 33.5. The molecule has 258 valence electrons. The van der Waals surface area contributed by atoms with E-state index in [0.717, 1.165) is 82.3 Å². The molecule has 1 aliphatic heterocycles. The van der Waals surface area contributed by atoms with Crippen molar-refractivity contribution >= 4 is 17.9 Å². The number of allylic oxidation sites excluding steroid dienone is 10. The van der Waals surface area contributed by atoms with Crippen LogP contribution in [0, 0.1) is 0 Å². The Bertz CT molecular complexity index is 1140. The van der Waals surface area contributed by atoms with Gasteiger partial charge in [0.05, 0.1) is 0 Å². The lowest BCUT2D eigenvalue weighted by Gasteiger charge is -2.17. The third-order valence-corrected chi connectivity index (χ3v) is 7.91. The summed E-state index contributed by atoms with van der Waals surface area (Å²) in [6.45, 7) is 8.33. The fraction of sp³-hybridized carbons (Fsp3) is 0.525. The summed E-state index contributed by atoms with van der Waals surface area (Å²) in [5, 5.41) is 5.97. The average Bonchev–Trinajstić information content (AvgIpc) is 3.60. The zero-order chi connectivity index (χ0) is 33.6. The van der Waals surface area contributed by atoms with Crippen molar-refractivity contribution in [2.24, 2.45) is 0 Å². The molecule has 2 rings (SSSR count). The molecule has 0 unspecified atom stereocenters. The first-order chi connectivity index (χ1) is 23.1. The number of rotatable bonds is 25. The standard InChI is InChI=1S/C40H61N5O2/c1-3-4-5-6-7-8-9-10-11-12-13-14-15-16-17-18-19-24-39(46)41-29-34-44(2)35-30-42-40(47)25-22-23-37-26-27-38(43-36-37)28-33-45-31-20-21-32-45/h4-5,7-8,10-11,13-14,16-17,22-23,26-27,36H,3,6,9,12,15,18-21,24-25,28-35H2,1-2H3,(H,41,46)(H,42,47)/b5-4-,8-7-,11-10-,14-13-,17-16-,23-22+. The van der Waals surface area contributed by atoms with E-state index in [0.29, 0.717) is 25.9 Å². The van der Waals surface area contributed by atoms with E-state index < -0.39 is 0 Å². The van der Waals surface area contributed by atoms with E-state index in [-0.39, 0.29) is 11.8 Å². The Morgan fingerprint density at radius 3 is 2.00 bits per heavy atom. The Kier molecular flexibility index (Phi) is 23.2. The predicted molar refractivity (Wildman–Crippen MR) is 199 cm³/mol. The smallest absolute Gasteiger partial charge is 0.223 e. The fourth-order valence-electron chi connectivity index (χ4n) is 5.06. The molecule has 0 aliphatic carbocycles. The molecule has 1 fully saturated rings. The number of carbonyl (C=O) groups excluding carboxylic acids is 2. The van der Waals surface area contributed by atoms with E-state index in [4.69, 9.17) is 0 Å². The third-order valence-electron chi connectivity index (χ3n) is 7.91. The van der Waals surface area contributed by atoms with Crippen LogP contribution in [0.1, 0.15) is 88.8 Å². The van der Waals surface area contributed by atoms with Crippen molar-refractivity contribution in [3.05, 3.63) is 96.4 Å². The molecular weight excluding hydrogens is 582 g/mol. The van der Waals surface area contributed by atoms with E-state index in [1.165, 1.54) is 25.9 Å². The highest BCUT2D eigenvalue weighted by molar-refractivity contribution is 5.78. The van der Waals surface area contributed by atoms with E-state index >= 15 is 0 Å². The van der Waals surface area contributed by atoms with Crippen molar-refractivity contribution in [2.75, 3.05) is 52.9 Å². The summed E-state index contributed by atoms with van der Waals surface area (Å²) in [7, 11) is 2.00. The number of hydrogen-bond donors (Lipinski definition) is 2. The number of carbonyl (C=O) groups is 2. The lowest BCUT2D eigenvalue weighted by Crippen LogP contribution is -2.37. The lowest BCUT2D eigenvalue weighted by atomic mass is 10.2. The predicted octanol–water partition coefficient (Wildman–Crippen LogP) is 7.21. The monoisotopic (exact) mass is 643 g/mol. The SMILES string of the molecule is CC/C=C\C/C=C\C/C=C\C/C=C\C/C=C\CCCC(=O)NCCN(C)CCNC(=O)C/C=C/c1ccc(CCN2CCCC2)nc1. The van der Waals surface area contributed by atoms with Gasteiger partial charge in [0.2, 0.25) is 11.8 Å². The van der Waals surface area contributed by atoms with Crippen LogP contribution in [-0.2, 0) is 16.0 Å². The van der Waals surface area contributed by atoms with Crippen molar-refractivity contribution in [3.63, 3.8) is 0 Å². The van der Waals surface area contributed by atoms with Crippen molar-refractivity contribution in [3.8, 4) is 0 Å². The molecule has 1 aliphatic rings. The molecule has 0 spiro atoms. The molecule has 2 heterocycles. The highest BCUT2D eigenvalue weighted by Gasteiger charge is 2.11. The van der Waals surface area contributed by atoms with Crippen LogP contribution in [0.3, 0.4) is 0 Å². The van der Waals surface area contributed by atoms with Gasteiger partial charge in [0.1, 0.15) is 0 Å². The molecule has 0 bridgehead atoms. The Morgan fingerprint density at radius 1 is 0.809 bits per heavy atom. The maximum absolute atomic E-state index is 12.2. The molecule has 7 nitrogen and oxygen atoms in total. The van der Waals surface area contributed by atoms with E-state index in [1.807, 2.05) is 25.4 Å². The molecule has 0 radical (unpaired) electrons. The maximum Gasteiger partial charge on any atom is 0.223 e. The van der Waals surface area contributed by atoms with Crippen LogP contribution in [0.4, 0.5) is 0 Å². The molecule has 2 amide bonds. The van der Waals surface area contributed by atoms with Gasteiger partial charge in [-0.25, -0.2) is 0 Å². The number of amides is 2. The minimum Gasteiger partial charge on any atom is -0.355 e. The van der Waals surface area contributed by atoms with Gasteiger partial charge < -0.3 is 20.4 Å². The largest absolute Gasteiger partial charge is 0.355 e. The summed E-state index contributed by atoms with van der Waals surface area (Å²) in [5.74, 6) is 0.100. The van der Waals surface area contributed by atoms with Crippen LogP contribution in [0.5, 0.6) is 0 Å². The summed E-state index contributed by atoms with van der Waals surface area (Å²) in [5.41, 5.74) is 2.13. The molecule has 1 aromatic rings. The molecule has 0 saturated carbocycles. The summed E-state index contributed by atoms with van der Waals surface area (Å²) in [6.07, 6.45) is 38.9. The number of likely N-dealkylation sites (tertiary alicyclic amines) is 1. The van der Waals surface area contributed by atoms with Crippen molar-refractivity contribution in [2.45, 2.75) is 84.0 Å². The van der Waals surface area contributed by atoms with Crippen molar-refractivity contribution < 1.29 is 9.59 Å². The van der Waals surface area contributed by atoms with Crippen LogP contribution >= 0.6 is 0 Å². The number of hydrogen-bond acceptors (Lipinski definition) is 5. The molecule has 7 heteroatoms. The minimum atomic E-state index is 0.00524. The quantitative estimate of drug-likeness (QED) is 0.0870. The van der Waals surface area contributed by atoms with Gasteiger partial charge in [0, 0.05) is 63.9 Å². The van der Waals surface area contributed by atoms with Crippen LogP contribution in [0.15, 0.2) is 85.2 Å². The van der Waals surface area contributed by atoms with Gasteiger partial charge in [-0.1, -0.05) is 85.9 Å². The highest BCUT2D eigenvalue weighted by atomic mass is 16.2. The number of likely N-dealkylation sites (N-methyl/N-ethyl adjacent to an activating group) is 1. The molecule has 0 atom stereocenters. The van der Waals surface area contributed by atoms with Crippen LogP contribution in [0.2, 0.25) is 0 Å². The van der Waals surface area contributed by atoms with E-state index in [1.54, 1.807) is 0 Å². The maximum atomic E-state index is 12.2. The number of nitrogens with one attached hydrogen (secondary N) is 2. The third kappa shape index (κ3) is 22.6. The van der Waals surface area contributed by atoms with Crippen molar-refractivity contribution in [1.82, 2.24) is 25.4 Å². The summed E-state index contributed by atoms with van der Waals surface area (Å²) in [6, 6.07) is 4.16. The van der Waals surface area contributed by atoms with E-state index in [9.17, 15) is 9.59 Å². The van der Waals surface area contributed by atoms with Crippen LogP contribution < -0.4 is 10.6 Å². The van der Waals surface area contributed by atoms with Crippen LogP contribution in [0.25, 0.3) is 6.08 Å².